The van der Waals surface area contributed by atoms with Gasteiger partial charge in [-0.1, -0.05) is 35.9 Å². The first-order valence-corrected chi connectivity index (χ1v) is 5.77. The minimum atomic E-state index is -3.03. The Labute approximate surface area is 67.2 Å². The summed E-state index contributed by atoms with van der Waals surface area (Å²) in [6.07, 6.45) is 5.08. The fraction of sp³-hybridized carbons (Fsp3) is 0.111. The average molecular weight is 164 g/mol. The normalized spacial score (nSPS) is 15.0. The van der Waals surface area contributed by atoms with Gasteiger partial charge in [-0.05, 0) is 11.7 Å². The minimum Gasteiger partial charge on any atom is -0.291 e. The Kier molecular flexibility index (Phi) is 2.11. The van der Waals surface area contributed by atoms with E-state index in [0.717, 1.165) is 0 Å². The predicted octanol–water partition coefficient (Wildman–Crippen LogP) is 1.61. The summed E-state index contributed by atoms with van der Waals surface area (Å²) >= 11 is 0. The summed E-state index contributed by atoms with van der Waals surface area (Å²) in [6.45, 7) is 1.52. The molecule has 0 amide bonds. The second kappa shape index (κ2) is 2.89. The monoisotopic (exact) mass is 164 g/mol. The van der Waals surface area contributed by atoms with E-state index in [9.17, 15) is 4.11 Å². The van der Waals surface area contributed by atoms with E-state index in [-0.39, 0.29) is 0 Å². The van der Waals surface area contributed by atoms with E-state index < -0.39 is 8.41 Å². The molecule has 0 aliphatic rings. The van der Waals surface area contributed by atoms with Gasteiger partial charge in [-0.25, -0.2) is 0 Å². The average Bonchev–Trinajstić information content (AvgIpc) is 2.06. The fourth-order valence-corrected chi connectivity index (χ4v) is 1.82. The van der Waals surface area contributed by atoms with Crippen molar-refractivity contribution in [1.82, 2.24) is 0 Å². The molecule has 1 unspecified atom stereocenters. The van der Waals surface area contributed by atoms with Gasteiger partial charge in [0.1, 0.15) is 0 Å². The molecule has 0 nitrogen and oxygen atoms in total. The molecule has 1 aromatic rings. The topological polar surface area (TPSA) is 0 Å². The van der Waals surface area contributed by atoms with Crippen LogP contribution in [-0.2, 0) is 0 Å². The number of benzene rings is 1. The molecule has 2 heteroatoms. The summed E-state index contributed by atoms with van der Waals surface area (Å²) in [5, 5.41) is 0.669. The maximum absolute atomic E-state index is 13.5. The number of hydrogen-bond donors (Lipinski definition) is 0. The van der Waals surface area contributed by atoms with Crippen LogP contribution in [0, 0.1) is 12.0 Å². The van der Waals surface area contributed by atoms with E-state index in [1.54, 1.807) is 24.3 Å². The van der Waals surface area contributed by atoms with Crippen molar-refractivity contribution in [1.29, 1.82) is 0 Å². The van der Waals surface area contributed by atoms with E-state index in [4.69, 9.17) is 6.42 Å². The third-order valence-corrected chi connectivity index (χ3v) is 3.55. The summed E-state index contributed by atoms with van der Waals surface area (Å²) in [5.41, 5.74) is 2.23. The van der Waals surface area contributed by atoms with Gasteiger partial charge in [-0.2, -0.15) is 0 Å². The Balaban J connectivity index is 3.05. The molecule has 0 saturated carbocycles. The van der Waals surface area contributed by atoms with E-state index >= 15 is 0 Å². The van der Waals surface area contributed by atoms with Gasteiger partial charge < -0.3 is 0 Å². The quantitative estimate of drug-likeness (QED) is 0.336. The Bertz CT molecular complexity index is 271. The summed E-state index contributed by atoms with van der Waals surface area (Å²) in [4.78, 5) is 0. The molecule has 0 heterocycles. The van der Waals surface area contributed by atoms with Crippen LogP contribution in [0.5, 0.6) is 0 Å². The fourth-order valence-electron chi connectivity index (χ4n) is 0.834. The van der Waals surface area contributed by atoms with Gasteiger partial charge in [0.15, 0.2) is 0 Å². The first kappa shape index (κ1) is 8.03. The number of rotatable bonds is 1. The van der Waals surface area contributed by atoms with Crippen molar-refractivity contribution in [3.05, 3.63) is 30.3 Å². The van der Waals surface area contributed by atoms with E-state index in [1.807, 2.05) is 6.07 Å². The second-order valence-electron chi connectivity index (χ2n) is 2.51. The maximum Gasteiger partial charge on any atom is 0.350 e. The van der Waals surface area contributed by atoms with Crippen LogP contribution in [0.2, 0.25) is 6.55 Å². The van der Waals surface area contributed by atoms with Crippen molar-refractivity contribution in [2.75, 3.05) is 0 Å². The maximum atomic E-state index is 13.5. The summed E-state index contributed by atoms with van der Waals surface area (Å²) in [7, 11) is -3.03. The Morgan fingerprint density at radius 2 is 1.91 bits per heavy atom. The van der Waals surface area contributed by atoms with E-state index in [2.05, 4.69) is 5.54 Å². The van der Waals surface area contributed by atoms with Gasteiger partial charge in [0.25, 0.3) is 0 Å². The van der Waals surface area contributed by atoms with Crippen molar-refractivity contribution in [2.45, 2.75) is 6.55 Å². The van der Waals surface area contributed by atoms with Crippen LogP contribution in [0.1, 0.15) is 0 Å². The first-order chi connectivity index (χ1) is 5.17. The largest absolute Gasteiger partial charge is 0.350 e. The lowest BCUT2D eigenvalue weighted by Gasteiger charge is -2.08. The highest BCUT2D eigenvalue weighted by Crippen LogP contribution is 2.02. The van der Waals surface area contributed by atoms with E-state index in [0.29, 0.717) is 5.19 Å². The van der Waals surface area contributed by atoms with Gasteiger partial charge in [0.05, 0.1) is 0 Å². The molecular weight excluding hydrogens is 155 g/mol. The summed E-state index contributed by atoms with van der Waals surface area (Å²) in [6, 6.07) is 8.94. The SMILES string of the molecule is C#C[Si](C)(F)c1ccccc1. The molecular formula is C9H9FSi. The molecule has 1 atom stereocenters. The third-order valence-electron chi connectivity index (χ3n) is 1.59. The van der Waals surface area contributed by atoms with Crippen LogP contribution >= 0.6 is 0 Å². The summed E-state index contributed by atoms with van der Waals surface area (Å²) < 4.78 is 13.5. The van der Waals surface area contributed by atoms with Crippen LogP contribution < -0.4 is 5.19 Å². The molecule has 0 spiro atoms. The number of halogens is 1. The van der Waals surface area contributed by atoms with Gasteiger partial charge in [-0.15, -0.1) is 6.42 Å². The van der Waals surface area contributed by atoms with Crippen molar-refractivity contribution in [3.63, 3.8) is 0 Å². The van der Waals surface area contributed by atoms with Crippen LogP contribution in [0.15, 0.2) is 30.3 Å². The van der Waals surface area contributed by atoms with Gasteiger partial charge in [0, 0.05) is 0 Å². The molecule has 1 aromatic carbocycles. The molecule has 0 aliphatic carbocycles. The van der Waals surface area contributed by atoms with Gasteiger partial charge >= 0.3 is 8.41 Å². The Morgan fingerprint density at radius 1 is 1.36 bits per heavy atom. The van der Waals surface area contributed by atoms with Crippen molar-refractivity contribution in [2.24, 2.45) is 0 Å². The molecule has 56 valence electrons. The van der Waals surface area contributed by atoms with E-state index in [1.165, 1.54) is 6.55 Å². The Morgan fingerprint density at radius 3 is 2.36 bits per heavy atom. The zero-order valence-electron chi connectivity index (χ0n) is 6.34. The van der Waals surface area contributed by atoms with Gasteiger partial charge in [0.2, 0.25) is 0 Å². The first-order valence-electron chi connectivity index (χ1n) is 3.39. The molecule has 11 heavy (non-hydrogen) atoms. The second-order valence-corrected chi connectivity index (χ2v) is 5.39. The van der Waals surface area contributed by atoms with Gasteiger partial charge in [-0.3, -0.25) is 4.11 Å². The summed E-state index contributed by atoms with van der Waals surface area (Å²) in [5.74, 6) is 0. The highest BCUT2D eigenvalue weighted by molar-refractivity contribution is 6.91. The van der Waals surface area contributed by atoms with Crippen LogP contribution in [0.3, 0.4) is 0 Å². The lowest BCUT2D eigenvalue weighted by molar-refractivity contribution is 0.835. The molecule has 1 rings (SSSR count). The Hall–Kier alpha value is -1.07. The third kappa shape index (κ3) is 1.69. The smallest absolute Gasteiger partial charge is 0.291 e. The standard InChI is InChI=1S/C9H9FSi/c1-3-11(2,10)9-7-5-4-6-8-9/h1,4-8H,2H3. The number of terminal acetylenes is 1. The highest BCUT2D eigenvalue weighted by atomic mass is 28.4. The van der Waals surface area contributed by atoms with Crippen molar-refractivity contribution >= 4 is 13.6 Å². The molecule has 0 fully saturated rings. The zero-order chi connectivity index (χ0) is 8.32. The molecule has 0 aliphatic heterocycles. The molecule has 0 aromatic heterocycles. The predicted molar refractivity (Wildman–Crippen MR) is 47.6 cm³/mol. The lowest BCUT2D eigenvalue weighted by atomic mass is 10.4. The van der Waals surface area contributed by atoms with Crippen LogP contribution in [0.25, 0.3) is 0 Å². The lowest BCUT2D eigenvalue weighted by Crippen LogP contribution is -2.38. The van der Waals surface area contributed by atoms with Crippen LogP contribution in [-0.4, -0.2) is 8.41 Å². The van der Waals surface area contributed by atoms with Crippen molar-refractivity contribution < 1.29 is 4.11 Å². The molecule has 0 radical (unpaired) electrons. The molecule has 0 saturated heterocycles. The molecule has 0 bridgehead atoms. The van der Waals surface area contributed by atoms with Crippen molar-refractivity contribution in [3.8, 4) is 12.0 Å². The number of hydrogen-bond acceptors (Lipinski definition) is 0. The zero-order valence-corrected chi connectivity index (χ0v) is 7.34. The minimum absolute atomic E-state index is 0.669. The van der Waals surface area contributed by atoms with Crippen LogP contribution in [0.4, 0.5) is 4.11 Å². The highest BCUT2D eigenvalue weighted by Gasteiger charge is 2.26. The molecule has 0 N–H and O–H groups in total.